The highest BCUT2D eigenvalue weighted by atomic mass is 35.5. The second-order valence-corrected chi connectivity index (χ2v) is 3.95. The smallest absolute Gasteiger partial charge is 0.227 e. The molecule has 0 aliphatic rings. The molecule has 2 rings (SSSR count). The van der Waals surface area contributed by atoms with E-state index in [1.165, 1.54) is 6.33 Å². The average Bonchev–Trinajstić information content (AvgIpc) is 2.81. The van der Waals surface area contributed by atoms with Gasteiger partial charge in [0.15, 0.2) is 0 Å². The maximum Gasteiger partial charge on any atom is 0.227 e. The first-order valence-corrected chi connectivity index (χ1v) is 5.51. The Bertz CT molecular complexity index is 481. The third-order valence-corrected chi connectivity index (χ3v) is 2.48. The molecule has 6 heteroatoms. The maximum atomic E-state index is 11.5. The van der Waals surface area contributed by atoms with Crippen LogP contribution in [0, 0.1) is 0 Å². The number of rotatable bonds is 4. The number of halogens is 1. The van der Waals surface area contributed by atoms with Gasteiger partial charge >= 0.3 is 0 Å². The van der Waals surface area contributed by atoms with Gasteiger partial charge in [0.05, 0.1) is 0 Å². The van der Waals surface area contributed by atoms with Gasteiger partial charge in [0.1, 0.15) is 6.33 Å². The lowest BCUT2D eigenvalue weighted by Crippen LogP contribution is -2.13. The lowest BCUT2D eigenvalue weighted by Gasteiger charge is -2.02. The first kappa shape index (κ1) is 11.6. The summed E-state index contributed by atoms with van der Waals surface area (Å²) in [6, 6.07) is 7.44. The van der Waals surface area contributed by atoms with Crippen LogP contribution in [0.25, 0.3) is 0 Å². The van der Waals surface area contributed by atoms with Gasteiger partial charge in [-0.1, -0.05) is 23.7 Å². The standard InChI is InChI=1S/C11H11ClN4O/c12-9-4-1-8(2-5-9)3-6-10(17)15-11-13-7-14-16-11/h1-2,4-5,7H,3,6H2,(H2,13,14,15,16,17). The Morgan fingerprint density at radius 2 is 2.12 bits per heavy atom. The van der Waals surface area contributed by atoms with Crippen LogP contribution in [0.5, 0.6) is 0 Å². The predicted molar refractivity (Wildman–Crippen MR) is 64.8 cm³/mol. The van der Waals surface area contributed by atoms with Crippen molar-refractivity contribution >= 4 is 23.5 Å². The highest BCUT2D eigenvalue weighted by Gasteiger charge is 2.04. The van der Waals surface area contributed by atoms with Gasteiger partial charge in [0.2, 0.25) is 11.9 Å². The van der Waals surface area contributed by atoms with E-state index in [4.69, 9.17) is 11.6 Å². The van der Waals surface area contributed by atoms with Crippen molar-refractivity contribution in [1.29, 1.82) is 0 Å². The van der Waals surface area contributed by atoms with Gasteiger partial charge < -0.3 is 0 Å². The zero-order valence-corrected chi connectivity index (χ0v) is 9.74. The first-order valence-electron chi connectivity index (χ1n) is 5.14. The normalized spacial score (nSPS) is 10.2. The molecule has 0 aliphatic heterocycles. The number of nitrogens with one attached hydrogen (secondary N) is 2. The highest BCUT2D eigenvalue weighted by molar-refractivity contribution is 6.30. The number of anilines is 1. The van der Waals surface area contributed by atoms with Crippen LogP contribution in [0.1, 0.15) is 12.0 Å². The molecule has 88 valence electrons. The Kier molecular flexibility index (Phi) is 3.72. The maximum absolute atomic E-state index is 11.5. The molecule has 0 aliphatic carbocycles. The van der Waals surface area contributed by atoms with Crippen LogP contribution in [0.3, 0.4) is 0 Å². The number of aromatic amines is 1. The fourth-order valence-corrected chi connectivity index (χ4v) is 1.50. The second kappa shape index (κ2) is 5.45. The number of aryl methyl sites for hydroxylation is 1. The van der Waals surface area contributed by atoms with E-state index in [0.717, 1.165) is 5.56 Å². The molecule has 1 aromatic carbocycles. The summed E-state index contributed by atoms with van der Waals surface area (Å²) in [4.78, 5) is 15.3. The monoisotopic (exact) mass is 250 g/mol. The van der Waals surface area contributed by atoms with Crippen molar-refractivity contribution < 1.29 is 4.79 Å². The SMILES string of the molecule is O=C(CCc1ccc(Cl)cc1)Nc1ncn[nH]1. The molecule has 0 fully saturated rings. The molecule has 1 aromatic heterocycles. The van der Waals surface area contributed by atoms with E-state index in [1.807, 2.05) is 24.3 Å². The molecule has 0 unspecified atom stereocenters. The van der Waals surface area contributed by atoms with Crippen molar-refractivity contribution in [1.82, 2.24) is 15.2 Å². The van der Waals surface area contributed by atoms with Crippen LogP contribution >= 0.6 is 11.6 Å². The van der Waals surface area contributed by atoms with E-state index in [-0.39, 0.29) is 5.91 Å². The van der Waals surface area contributed by atoms with Gasteiger partial charge in [0.25, 0.3) is 0 Å². The molecule has 0 atom stereocenters. The van der Waals surface area contributed by atoms with Gasteiger partial charge in [-0.3, -0.25) is 10.1 Å². The first-order chi connectivity index (χ1) is 8.24. The molecule has 17 heavy (non-hydrogen) atoms. The van der Waals surface area contributed by atoms with Gasteiger partial charge in [-0.15, -0.1) is 0 Å². The largest absolute Gasteiger partial charge is 0.295 e. The summed E-state index contributed by atoms with van der Waals surface area (Å²) < 4.78 is 0. The number of amides is 1. The zero-order valence-electron chi connectivity index (χ0n) is 8.98. The molecule has 2 N–H and O–H groups in total. The summed E-state index contributed by atoms with van der Waals surface area (Å²) in [6.07, 6.45) is 2.40. The summed E-state index contributed by atoms with van der Waals surface area (Å²) in [5, 5.41) is 9.50. The average molecular weight is 251 g/mol. The van der Waals surface area contributed by atoms with Crippen LogP contribution in [-0.4, -0.2) is 21.1 Å². The molecule has 1 amide bonds. The molecule has 0 saturated carbocycles. The van der Waals surface area contributed by atoms with E-state index in [0.29, 0.717) is 23.8 Å². The van der Waals surface area contributed by atoms with Gasteiger partial charge in [-0.05, 0) is 24.1 Å². The summed E-state index contributed by atoms with van der Waals surface area (Å²) in [5.74, 6) is 0.266. The third-order valence-electron chi connectivity index (χ3n) is 2.23. The molecule has 0 bridgehead atoms. The van der Waals surface area contributed by atoms with Crippen molar-refractivity contribution in [3.8, 4) is 0 Å². The third kappa shape index (κ3) is 3.57. The van der Waals surface area contributed by atoms with E-state index in [1.54, 1.807) is 0 Å². The molecular formula is C11H11ClN4O. The fourth-order valence-electron chi connectivity index (χ4n) is 1.37. The lowest BCUT2D eigenvalue weighted by atomic mass is 10.1. The number of carbonyl (C=O) groups excluding carboxylic acids is 1. The Balaban J connectivity index is 1.82. The van der Waals surface area contributed by atoms with Crippen LogP contribution in [0.4, 0.5) is 5.95 Å². The van der Waals surface area contributed by atoms with Gasteiger partial charge in [-0.2, -0.15) is 10.1 Å². The van der Waals surface area contributed by atoms with Crippen LogP contribution in [-0.2, 0) is 11.2 Å². The minimum atomic E-state index is -0.100. The van der Waals surface area contributed by atoms with E-state index >= 15 is 0 Å². The number of carbonyl (C=O) groups is 1. The molecule has 0 radical (unpaired) electrons. The van der Waals surface area contributed by atoms with E-state index in [9.17, 15) is 4.79 Å². The van der Waals surface area contributed by atoms with E-state index in [2.05, 4.69) is 20.5 Å². The number of H-pyrrole nitrogens is 1. The molecule has 0 saturated heterocycles. The zero-order chi connectivity index (χ0) is 12.1. The minimum absolute atomic E-state index is 0.100. The Morgan fingerprint density at radius 3 is 2.76 bits per heavy atom. The summed E-state index contributed by atoms with van der Waals surface area (Å²) in [6.45, 7) is 0. The number of benzene rings is 1. The predicted octanol–water partition coefficient (Wildman–Crippen LogP) is 2.03. The molecule has 0 spiro atoms. The highest BCUT2D eigenvalue weighted by Crippen LogP contribution is 2.11. The van der Waals surface area contributed by atoms with Crippen LogP contribution < -0.4 is 5.32 Å². The topological polar surface area (TPSA) is 70.7 Å². The Hall–Kier alpha value is -1.88. The van der Waals surface area contributed by atoms with Gasteiger partial charge in [-0.25, -0.2) is 5.10 Å². The quantitative estimate of drug-likeness (QED) is 0.872. The number of nitrogens with zero attached hydrogens (tertiary/aromatic N) is 2. The van der Waals surface area contributed by atoms with Crippen LogP contribution in [0.15, 0.2) is 30.6 Å². The van der Waals surface area contributed by atoms with Crippen LogP contribution in [0.2, 0.25) is 5.02 Å². The minimum Gasteiger partial charge on any atom is -0.295 e. The summed E-state index contributed by atoms with van der Waals surface area (Å²) in [7, 11) is 0. The fraction of sp³-hybridized carbons (Fsp3) is 0.182. The second-order valence-electron chi connectivity index (χ2n) is 3.51. The lowest BCUT2D eigenvalue weighted by molar-refractivity contribution is -0.116. The molecular weight excluding hydrogens is 240 g/mol. The Morgan fingerprint density at radius 1 is 1.35 bits per heavy atom. The summed E-state index contributed by atoms with van der Waals surface area (Å²) >= 11 is 5.77. The van der Waals surface area contributed by atoms with Crippen molar-refractivity contribution in [2.45, 2.75) is 12.8 Å². The summed E-state index contributed by atoms with van der Waals surface area (Å²) in [5.41, 5.74) is 1.07. The van der Waals surface area contributed by atoms with Gasteiger partial charge in [0, 0.05) is 11.4 Å². The molecule has 2 aromatic rings. The number of aromatic nitrogens is 3. The van der Waals surface area contributed by atoms with Crippen molar-refractivity contribution in [2.75, 3.05) is 5.32 Å². The molecule has 5 nitrogen and oxygen atoms in total. The van der Waals surface area contributed by atoms with E-state index < -0.39 is 0 Å². The number of hydrogen-bond donors (Lipinski definition) is 2. The van der Waals surface area contributed by atoms with Crippen molar-refractivity contribution in [3.05, 3.63) is 41.2 Å². The molecule has 1 heterocycles. The van der Waals surface area contributed by atoms with Crippen molar-refractivity contribution in [3.63, 3.8) is 0 Å². The number of hydrogen-bond acceptors (Lipinski definition) is 3. The van der Waals surface area contributed by atoms with Crippen molar-refractivity contribution in [2.24, 2.45) is 0 Å². The Labute approximate surface area is 103 Å².